The standard InChI is InChI=1S/C17H28N2O2/c1-12(14-8-4-3-5-9-14)19-13(2)16(20)18-11-7-6-10-15(18)17(19)21/h12-15H,3-11H2,1-2H3. The van der Waals surface area contributed by atoms with Crippen molar-refractivity contribution in [1.82, 2.24) is 9.80 Å². The summed E-state index contributed by atoms with van der Waals surface area (Å²) in [5.41, 5.74) is 0. The highest BCUT2D eigenvalue weighted by molar-refractivity contribution is 5.97. The number of carbonyl (C=O) groups excluding carboxylic acids is 2. The van der Waals surface area contributed by atoms with E-state index in [4.69, 9.17) is 0 Å². The molecule has 1 saturated carbocycles. The Hall–Kier alpha value is -1.06. The predicted octanol–water partition coefficient (Wildman–Crippen LogP) is 2.57. The fourth-order valence-electron chi connectivity index (χ4n) is 4.57. The number of piperidine rings is 1. The number of hydrogen-bond acceptors (Lipinski definition) is 2. The lowest BCUT2D eigenvalue weighted by Gasteiger charge is -2.49. The average Bonchev–Trinajstić information content (AvgIpc) is 2.53. The van der Waals surface area contributed by atoms with Gasteiger partial charge in [0.2, 0.25) is 11.8 Å². The van der Waals surface area contributed by atoms with E-state index in [0.29, 0.717) is 5.92 Å². The monoisotopic (exact) mass is 292 g/mol. The summed E-state index contributed by atoms with van der Waals surface area (Å²) in [6.45, 7) is 4.85. The minimum atomic E-state index is -0.274. The second kappa shape index (κ2) is 5.98. The zero-order chi connectivity index (χ0) is 15.0. The molecule has 0 aromatic carbocycles. The van der Waals surface area contributed by atoms with Crippen LogP contribution in [0.4, 0.5) is 0 Å². The van der Waals surface area contributed by atoms with Crippen molar-refractivity contribution in [2.45, 2.75) is 83.3 Å². The van der Waals surface area contributed by atoms with Gasteiger partial charge < -0.3 is 9.80 Å². The molecule has 4 nitrogen and oxygen atoms in total. The maximum Gasteiger partial charge on any atom is 0.246 e. The van der Waals surface area contributed by atoms with Crippen LogP contribution in [-0.2, 0) is 9.59 Å². The van der Waals surface area contributed by atoms with E-state index in [-0.39, 0.29) is 29.9 Å². The van der Waals surface area contributed by atoms with Gasteiger partial charge in [-0.3, -0.25) is 9.59 Å². The zero-order valence-electron chi connectivity index (χ0n) is 13.4. The van der Waals surface area contributed by atoms with Crippen LogP contribution < -0.4 is 0 Å². The molecule has 21 heavy (non-hydrogen) atoms. The van der Waals surface area contributed by atoms with Crippen molar-refractivity contribution in [3.8, 4) is 0 Å². The van der Waals surface area contributed by atoms with Crippen LogP contribution in [-0.4, -0.2) is 46.3 Å². The topological polar surface area (TPSA) is 40.6 Å². The molecule has 2 aliphatic heterocycles. The van der Waals surface area contributed by atoms with Crippen LogP contribution in [0.3, 0.4) is 0 Å². The van der Waals surface area contributed by atoms with E-state index in [2.05, 4.69) is 6.92 Å². The summed E-state index contributed by atoms with van der Waals surface area (Å²) in [4.78, 5) is 29.3. The molecule has 3 rings (SSSR count). The first-order valence-corrected chi connectivity index (χ1v) is 8.74. The Labute approximate surface area is 127 Å². The van der Waals surface area contributed by atoms with Crippen molar-refractivity contribution in [3.63, 3.8) is 0 Å². The van der Waals surface area contributed by atoms with Crippen molar-refractivity contribution >= 4 is 11.8 Å². The van der Waals surface area contributed by atoms with Gasteiger partial charge in [-0.15, -0.1) is 0 Å². The predicted molar refractivity (Wildman–Crippen MR) is 81.7 cm³/mol. The van der Waals surface area contributed by atoms with Crippen LogP contribution >= 0.6 is 0 Å². The van der Waals surface area contributed by atoms with Crippen molar-refractivity contribution in [3.05, 3.63) is 0 Å². The first-order chi connectivity index (χ1) is 10.1. The summed E-state index contributed by atoms with van der Waals surface area (Å²) in [5, 5.41) is 0. The Morgan fingerprint density at radius 3 is 2.33 bits per heavy atom. The molecule has 0 N–H and O–H groups in total. The second-order valence-electron chi connectivity index (χ2n) is 7.10. The molecule has 1 aliphatic carbocycles. The fourth-order valence-corrected chi connectivity index (χ4v) is 4.57. The third-order valence-electron chi connectivity index (χ3n) is 5.87. The van der Waals surface area contributed by atoms with Crippen molar-refractivity contribution in [2.24, 2.45) is 5.92 Å². The summed E-state index contributed by atoms with van der Waals surface area (Å²) < 4.78 is 0. The molecule has 0 spiro atoms. The summed E-state index contributed by atoms with van der Waals surface area (Å²) >= 11 is 0. The molecule has 3 atom stereocenters. The van der Waals surface area contributed by atoms with Crippen molar-refractivity contribution < 1.29 is 9.59 Å². The summed E-state index contributed by atoms with van der Waals surface area (Å²) in [7, 11) is 0. The normalized spacial score (nSPS) is 33.0. The summed E-state index contributed by atoms with van der Waals surface area (Å²) in [6.07, 6.45) is 9.25. The Morgan fingerprint density at radius 1 is 0.952 bits per heavy atom. The molecule has 2 amide bonds. The SMILES string of the molecule is CC1C(=O)N2CCCCC2C(=O)N1C(C)C1CCCCC1. The maximum absolute atomic E-state index is 12.9. The van der Waals surface area contributed by atoms with E-state index in [1.807, 2.05) is 16.7 Å². The van der Waals surface area contributed by atoms with Gasteiger partial charge >= 0.3 is 0 Å². The van der Waals surface area contributed by atoms with Gasteiger partial charge in [-0.25, -0.2) is 0 Å². The second-order valence-corrected chi connectivity index (χ2v) is 7.10. The number of nitrogens with zero attached hydrogens (tertiary/aromatic N) is 2. The molecule has 118 valence electrons. The van der Waals surface area contributed by atoms with Crippen molar-refractivity contribution in [1.29, 1.82) is 0 Å². The van der Waals surface area contributed by atoms with Gasteiger partial charge in [0.05, 0.1) is 0 Å². The minimum Gasteiger partial charge on any atom is -0.329 e. The highest BCUT2D eigenvalue weighted by atomic mass is 16.2. The zero-order valence-corrected chi connectivity index (χ0v) is 13.4. The molecule has 0 aromatic heterocycles. The van der Waals surface area contributed by atoms with Crippen LogP contribution in [0, 0.1) is 5.92 Å². The van der Waals surface area contributed by atoms with Gasteiger partial charge in [-0.05, 0) is 51.9 Å². The highest BCUT2D eigenvalue weighted by Gasteiger charge is 2.47. The third kappa shape index (κ3) is 2.58. The number of fused-ring (bicyclic) bond motifs is 1. The lowest BCUT2D eigenvalue weighted by molar-refractivity contribution is -0.166. The molecule has 0 bridgehead atoms. The molecule has 4 heteroatoms. The summed E-state index contributed by atoms with van der Waals surface area (Å²) in [6, 6.07) is -0.238. The number of hydrogen-bond donors (Lipinski definition) is 0. The number of amides is 2. The lowest BCUT2D eigenvalue weighted by atomic mass is 9.82. The molecule has 0 radical (unpaired) electrons. The first-order valence-electron chi connectivity index (χ1n) is 8.74. The lowest BCUT2D eigenvalue weighted by Crippen LogP contribution is -2.67. The molecule has 0 aromatic rings. The molecule has 2 heterocycles. The van der Waals surface area contributed by atoms with Gasteiger partial charge in [-0.2, -0.15) is 0 Å². The van der Waals surface area contributed by atoms with Crippen LogP contribution in [0.15, 0.2) is 0 Å². The Morgan fingerprint density at radius 2 is 1.62 bits per heavy atom. The van der Waals surface area contributed by atoms with E-state index >= 15 is 0 Å². The Balaban J connectivity index is 1.79. The van der Waals surface area contributed by atoms with Crippen LogP contribution in [0.5, 0.6) is 0 Å². The first kappa shape index (κ1) is 14.9. The van der Waals surface area contributed by atoms with E-state index in [1.54, 1.807) is 0 Å². The average molecular weight is 292 g/mol. The smallest absolute Gasteiger partial charge is 0.246 e. The van der Waals surface area contributed by atoms with Gasteiger partial charge in [-0.1, -0.05) is 19.3 Å². The van der Waals surface area contributed by atoms with Gasteiger partial charge in [0, 0.05) is 12.6 Å². The number of rotatable bonds is 2. The van der Waals surface area contributed by atoms with Gasteiger partial charge in [0.15, 0.2) is 0 Å². The molecule has 3 aliphatic rings. The molecular weight excluding hydrogens is 264 g/mol. The van der Waals surface area contributed by atoms with Crippen LogP contribution in [0.25, 0.3) is 0 Å². The third-order valence-corrected chi connectivity index (χ3v) is 5.87. The largest absolute Gasteiger partial charge is 0.329 e. The van der Waals surface area contributed by atoms with Crippen LogP contribution in [0.1, 0.15) is 65.2 Å². The molecule has 2 saturated heterocycles. The number of piperazine rings is 1. The Kier molecular flexibility index (Phi) is 4.23. The number of carbonyl (C=O) groups is 2. The Bertz CT molecular complexity index is 417. The van der Waals surface area contributed by atoms with Gasteiger partial charge in [0.1, 0.15) is 12.1 Å². The molecule has 3 unspecified atom stereocenters. The van der Waals surface area contributed by atoms with E-state index in [0.717, 1.165) is 25.8 Å². The van der Waals surface area contributed by atoms with E-state index in [1.165, 1.54) is 32.1 Å². The minimum absolute atomic E-state index is 0.168. The van der Waals surface area contributed by atoms with Gasteiger partial charge in [0.25, 0.3) is 0 Å². The van der Waals surface area contributed by atoms with E-state index in [9.17, 15) is 9.59 Å². The van der Waals surface area contributed by atoms with E-state index < -0.39 is 0 Å². The van der Waals surface area contributed by atoms with Crippen molar-refractivity contribution in [2.75, 3.05) is 6.54 Å². The fraction of sp³-hybridized carbons (Fsp3) is 0.882. The quantitative estimate of drug-likeness (QED) is 0.785. The highest BCUT2D eigenvalue weighted by Crippen LogP contribution is 2.33. The molecular formula is C17H28N2O2. The summed E-state index contributed by atoms with van der Waals surface area (Å²) in [5.74, 6) is 0.954. The molecule has 3 fully saturated rings. The maximum atomic E-state index is 12.9. The van der Waals surface area contributed by atoms with Crippen LogP contribution in [0.2, 0.25) is 0 Å².